The fraction of sp³-hybridized carbons (Fsp3) is 1.00. The molecule has 1 aliphatic carbocycles. The van der Waals surface area contributed by atoms with Crippen molar-refractivity contribution >= 4 is 0 Å². The van der Waals surface area contributed by atoms with E-state index in [9.17, 15) is 5.11 Å². The second-order valence-corrected chi connectivity index (χ2v) is 5.34. The molecule has 1 fully saturated rings. The normalized spacial score (nSPS) is 29.4. The maximum Gasteiger partial charge on any atom is 0.0587 e. The van der Waals surface area contributed by atoms with E-state index in [0.29, 0.717) is 12.0 Å². The van der Waals surface area contributed by atoms with Gasteiger partial charge in [-0.05, 0) is 24.7 Å². The minimum absolute atomic E-state index is 0.269. The molecule has 0 radical (unpaired) electrons. The van der Waals surface area contributed by atoms with Gasteiger partial charge in [0.15, 0.2) is 0 Å². The summed E-state index contributed by atoms with van der Waals surface area (Å²) in [5, 5.41) is 12.9. The van der Waals surface area contributed by atoms with Gasteiger partial charge in [-0.25, -0.2) is 0 Å². The predicted octanol–water partition coefficient (Wildman–Crippen LogP) is 2.56. The van der Waals surface area contributed by atoms with Crippen molar-refractivity contribution in [3.05, 3.63) is 0 Å². The van der Waals surface area contributed by atoms with Crippen LogP contribution in [-0.2, 0) is 0 Å². The van der Waals surface area contributed by atoms with E-state index in [1.54, 1.807) is 0 Å². The molecule has 2 N–H and O–H groups in total. The number of hydrogen-bond acceptors (Lipinski definition) is 2. The Hall–Kier alpha value is -0.0800. The van der Waals surface area contributed by atoms with Gasteiger partial charge in [0.1, 0.15) is 0 Å². The first-order valence-corrected chi connectivity index (χ1v) is 6.54. The fourth-order valence-corrected chi connectivity index (χ4v) is 2.57. The Labute approximate surface area is 94.5 Å². The van der Waals surface area contributed by atoms with E-state index in [4.69, 9.17) is 0 Å². The second kappa shape index (κ2) is 6.49. The molecule has 0 bridgehead atoms. The van der Waals surface area contributed by atoms with Crippen LogP contribution in [0.2, 0.25) is 0 Å². The Bertz CT molecular complexity index is 170. The Kier molecular flexibility index (Phi) is 5.62. The van der Waals surface area contributed by atoms with Crippen LogP contribution in [-0.4, -0.2) is 23.8 Å². The van der Waals surface area contributed by atoms with E-state index in [2.05, 4.69) is 26.1 Å². The van der Waals surface area contributed by atoms with Crippen LogP contribution in [0, 0.1) is 11.8 Å². The topological polar surface area (TPSA) is 32.3 Å². The molecule has 15 heavy (non-hydrogen) atoms. The van der Waals surface area contributed by atoms with Gasteiger partial charge in [-0.1, -0.05) is 40.0 Å². The minimum atomic E-state index is 0.269. The minimum Gasteiger partial charge on any atom is -0.395 e. The lowest BCUT2D eigenvalue weighted by molar-refractivity contribution is 0.175. The third-order valence-corrected chi connectivity index (χ3v) is 3.81. The molecule has 0 aromatic carbocycles. The summed E-state index contributed by atoms with van der Waals surface area (Å²) in [6.07, 6.45) is 6.66. The number of hydrogen-bond donors (Lipinski definition) is 2. The van der Waals surface area contributed by atoms with E-state index < -0.39 is 0 Å². The molecular formula is C13H27NO. The molecule has 1 aliphatic rings. The van der Waals surface area contributed by atoms with Crippen molar-refractivity contribution in [1.82, 2.24) is 5.32 Å². The first-order chi connectivity index (χ1) is 7.17. The van der Waals surface area contributed by atoms with Gasteiger partial charge in [-0.15, -0.1) is 0 Å². The highest BCUT2D eigenvalue weighted by atomic mass is 16.3. The van der Waals surface area contributed by atoms with Gasteiger partial charge >= 0.3 is 0 Å². The van der Waals surface area contributed by atoms with Crippen LogP contribution in [0.1, 0.15) is 52.9 Å². The fourth-order valence-electron chi connectivity index (χ4n) is 2.57. The van der Waals surface area contributed by atoms with Gasteiger partial charge in [-0.2, -0.15) is 0 Å². The average Bonchev–Trinajstić information content (AvgIpc) is 2.25. The Balaban J connectivity index is 2.36. The molecule has 2 heteroatoms. The lowest BCUT2D eigenvalue weighted by Crippen LogP contribution is -2.45. The Morgan fingerprint density at radius 1 is 1.33 bits per heavy atom. The molecule has 2 nitrogen and oxygen atoms in total. The molecule has 0 aromatic rings. The van der Waals surface area contributed by atoms with E-state index in [1.165, 1.54) is 32.1 Å². The SMILES string of the molecule is CCC1CCCC(NC(CO)C(C)C)C1. The number of rotatable bonds is 5. The lowest BCUT2D eigenvalue weighted by Gasteiger charge is -2.33. The Morgan fingerprint density at radius 3 is 2.60 bits per heavy atom. The standard InChI is InChI=1S/C13H27NO/c1-4-11-6-5-7-12(8-11)14-13(9-15)10(2)3/h10-15H,4-9H2,1-3H3. The molecule has 0 amide bonds. The zero-order chi connectivity index (χ0) is 11.3. The van der Waals surface area contributed by atoms with Gasteiger partial charge in [-0.3, -0.25) is 0 Å². The maximum absolute atomic E-state index is 9.29. The molecule has 0 saturated heterocycles. The smallest absolute Gasteiger partial charge is 0.0587 e. The molecule has 3 atom stereocenters. The maximum atomic E-state index is 9.29. The van der Waals surface area contributed by atoms with E-state index >= 15 is 0 Å². The van der Waals surface area contributed by atoms with Gasteiger partial charge < -0.3 is 10.4 Å². The monoisotopic (exact) mass is 213 g/mol. The lowest BCUT2D eigenvalue weighted by atomic mass is 9.83. The summed E-state index contributed by atoms with van der Waals surface area (Å²) in [6, 6.07) is 0.925. The average molecular weight is 213 g/mol. The van der Waals surface area contributed by atoms with E-state index in [-0.39, 0.29) is 12.6 Å². The van der Waals surface area contributed by atoms with Gasteiger partial charge in [0.05, 0.1) is 6.61 Å². The highest BCUT2D eigenvalue weighted by Crippen LogP contribution is 2.27. The summed E-state index contributed by atoms with van der Waals surface area (Å²) in [5.74, 6) is 1.43. The first kappa shape index (κ1) is 13.0. The van der Waals surface area contributed by atoms with Crippen LogP contribution >= 0.6 is 0 Å². The van der Waals surface area contributed by atoms with Crippen molar-refractivity contribution in [1.29, 1.82) is 0 Å². The van der Waals surface area contributed by atoms with E-state index in [1.807, 2.05) is 0 Å². The molecular weight excluding hydrogens is 186 g/mol. The Morgan fingerprint density at radius 2 is 2.07 bits per heavy atom. The summed E-state index contributed by atoms with van der Waals surface area (Å²) in [6.45, 7) is 6.91. The highest BCUT2D eigenvalue weighted by molar-refractivity contribution is 4.81. The van der Waals surface area contributed by atoms with Crippen LogP contribution in [0.15, 0.2) is 0 Å². The van der Waals surface area contributed by atoms with Gasteiger partial charge in [0.25, 0.3) is 0 Å². The molecule has 0 aliphatic heterocycles. The highest BCUT2D eigenvalue weighted by Gasteiger charge is 2.23. The molecule has 3 unspecified atom stereocenters. The van der Waals surface area contributed by atoms with Crippen molar-refractivity contribution in [2.24, 2.45) is 11.8 Å². The number of aliphatic hydroxyl groups is 1. The van der Waals surface area contributed by atoms with Crippen molar-refractivity contribution in [2.75, 3.05) is 6.61 Å². The largest absolute Gasteiger partial charge is 0.395 e. The molecule has 0 heterocycles. The quantitative estimate of drug-likeness (QED) is 0.735. The molecule has 90 valence electrons. The van der Waals surface area contributed by atoms with Crippen molar-refractivity contribution in [3.8, 4) is 0 Å². The summed E-state index contributed by atoms with van der Waals surface area (Å²) in [7, 11) is 0. The zero-order valence-corrected chi connectivity index (χ0v) is 10.5. The third-order valence-electron chi connectivity index (χ3n) is 3.81. The van der Waals surface area contributed by atoms with Crippen molar-refractivity contribution in [2.45, 2.75) is 65.0 Å². The predicted molar refractivity (Wildman–Crippen MR) is 64.9 cm³/mol. The van der Waals surface area contributed by atoms with Crippen LogP contribution in [0.25, 0.3) is 0 Å². The number of aliphatic hydroxyl groups excluding tert-OH is 1. The van der Waals surface area contributed by atoms with Crippen molar-refractivity contribution in [3.63, 3.8) is 0 Å². The van der Waals surface area contributed by atoms with Crippen LogP contribution in [0.3, 0.4) is 0 Å². The molecule has 1 rings (SSSR count). The molecule has 1 saturated carbocycles. The van der Waals surface area contributed by atoms with Crippen LogP contribution in [0.4, 0.5) is 0 Å². The van der Waals surface area contributed by atoms with Gasteiger partial charge in [0, 0.05) is 12.1 Å². The van der Waals surface area contributed by atoms with Gasteiger partial charge in [0.2, 0.25) is 0 Å². The molecule has 0 spiro atoms. The van der Waals surface area contributed by atoms with E-state index in [0.717, 1.165) is 5.92 Å². The van der Waals surface area contributed by atoms with Crippen molar-refractivity contribution < 1.29 is 5.11 Å². The van der Waals surface area contributed by atoms with Crippen LogP contribution in [0.5, 0.6) is 0 Å². The third kappa shape index (κ3) is 4.12. The first-order valence-electron chi connectivity index (χ1n) is 6.54. The summed E-state index contributed by atoms with van der Waals surface area (Å²) >= 11 is 0. The zero-order valence-electron chi connectivity index (χ0n) is 10.5. The summed E-state index contributed by atoms with van der Waals surface area (Å²) in [5.41, 5.74) is 0. The number of nitrogens with one attached hydrogen (secondary N) is 1. The summed E-state index contributed by atoms with van der Waals surface area (Å²) in [4.78, 5) is 0. The second-order valence-electron chi connectivity index (χ2n) is 5.34. The summed E-state index contributed by atoms with van der Waals surface area (Å²) < 4.78 is 0. The molecule has 0 aromatic heterocycles. The van der Waals surface area contributed by atoms with Crippen LogP contribution < -0.4 is 5.32 Å².